The van der Waals surface area contributed by atoms with E-state index in [0.29, 0.717) is 27.9 Å². The van der Waals surface area contributed by atoms with E-state index >= 15 is 0 Å². The molecule has 0 aliphatic heterocycles. The third kappa shape index (κ3) is 2.25. The largest absolute Gasteiger partial charge is 0.289 e. The number of imidazole rings is 1. The first-order chi connectivity index (χ1) is 12.7. The van der Waals surface area contributed by atoms with E-state index < -0.39 is 0 Å². The number of pyridine rings is 1. The minimum absolute atomic E-state index is 0.0246. The molecule has 3 aromatic heterocycles. The predicted molar refractivity (Wildman–Crippen MR) is 100 cm³/mol. The van der Waals surface area contributed by atoms with Crippen LogP contribution in [0.2, 0.25) is 0 Å². The van der Waals surface area contributed by atoms with Crippen LogP contribution in [0.4, 0.5) is 0 Å². The number of hydrogen-bond donors (Lipinski definition) is 0. The lowest BCUT2D eigenvalue weighted by atomic mass is 10.0. The number of carbonyl (C=O) groups excluding carboxylic acids is 1. The van der Waals surface area contributed by atoms with E-state index in [4.69, 9.17) is 4.98 Å². The van der Waals surface area contributed by atoms with Gasteiger partial charge in [-0.15, -0.1) is 0 Å². The Hall–Kier alpha value is -3.60. The van der Waals surface area contributed by atoms with Crippen LogP contribution >= 0.6 is 0 Å². The lowest BCUT2D eigenvalue weighted by Gasteiger charge is -2.03. The van der Waals surface area contributed by atoms with Crippen LogP contribution < -0.4 is 0 Å². The summed E-state index contributed by atoms with van der Waals surface area (Å²) in [5.74, 6) is -0.0246. The number of aromatic nitrogens is 4. The first kappa shape index (κ1) is 14.7. The Morgan fingerprint density at radius 3 is 2.54 bits per heavy atom. The van der Waals surface area contributed by atoms with Crippen LogP contribution in [0, 0.1) is 6.92 Å². The quantitative estimate of drug-likeness (QED) is 0.457. The predicted octanol–water partition coefficient (Wildman–Crippen LogP) is 3.97. The van der Waals surface area contributed by atoms with Crippen molar-refractivity contribution in [3.63, 3.8) is 0 Å². The minimum atomic E-state index is -0.0246. The molecule has 124 valence electrons. The Morgan fingerprint density at radius 2 is 1.69 bits per heavy atom. The van der Waals surface area contributed by atoms with Crippen LogP contribution in [0.25, 0.3) is 28.0 Å². The third-order valence-electron chi connectivity index (χ3n) is 4.45. The van der Waals surface area contributed by atoms with Gasteiger partial charge in [0.1, 0.15) is 5.65 Å². The number of benzene rings is 2. The van der Waals surface area contributed by atoms with E-state index in [0.717, 1.165) is 16.7 Å². The lowest BCUT2D eigenvalue weighted by Crippen LogP contribution is -2.01. The van der Waals surface area contributed by atoms with Crippen molar-refractivity contribution in [2.24, 2.45) is 0 Å². The maximum Gasteiger partial charge on any atom is 0.198 e. The normalized spacial score (nSPS) is 11.4. The highest BCUT2D eigenvalue weighted by Gasteiger charge is 2.13. The van der Waals surface area contributed by atoms with E-state index in [1.165, 1.54) is 0 Å². The van der Waals surface area contributed by atoms with E-state index in [2.05, 4.69) is 9.97 Å². The minimum Gasteiger partial charge on any atom is -0.289 e. The molecule has 0 radical (unpaired) electrons. The van der Waals surface area contributed by atoms with Crippen molar-refractivity contribution in [1.29, 1.82) is 0 Å². The maximum atomic E-state index is 12.7. The fourth-order valence-electron chi connectivity index (χ4n) is 3.14. The van der Waals surface area contributed by atoms with Gasteiger partial charge < -0.3 is 0 Å². The molecule has 5 aromatic rings. The van der Waals surface area contributed by atoms with Crippen LogP contribution in [-0.2, 0) is 0 Å². The van der Waals surface area contributed by atoms with Gasteiger partial charge in [-0.25, -0.2) is 15.0 Å². The highest BCUT2D eigenvalue weighted by Crippen LogP contribution is 2.20. The number of hydrogen-bond acceptors (Lipinski definition) is 4. The molecule has 3 heterocycles. The zero-order valence-corrected chi connectivity index (χ0v) is 14.0. The Bertz CT molecular complexity index is 1310. The smallest absolute Gasteiger partial charge is 0.198 e. The van der Waals surface area contributed by atoms with Crippen LogP contribution in [0.15, 0.2) is 66.9 Å². The van der Waals surface area contributed by atoms with Crippen molar-refractivity contribution in [2.45, 2.75) is 6.92 Å². The SMILES string of the molecule is Cc1ccc2nc3nc4ccc(C(=O)c5ccccc5)cc4nc3n2c1. The summed E-state index contributed by atoms with van der Waals surface area (Å²) < 4.78 is 1.93. The molecule has 2 aromatic carbocycles. The molecule has 0 saturated heterocycles. The van der Waals surface area contributed by atoms with Crippen LogP contribution in [-0.4, -0.2) is 25.1 Å². The molecular formula is C21H14N4O. The van der Waals surface area contributed by atoms with Gasteiger partial charge in [-0.05, 0) is 36.8 Å². The zero-order chi connectivity index (χ0) is 17.7. The number of fused-ring (bicyclic) bond motifs is 4. The highest BCUT2D eigenvalue weighted by molar-refractivity contribution is 6.10. The summed E-state index contributed by atoms with van der Waals surface area (Å²) in [5.41, 5.74) is 5.89. The third-order valence-corrected chi connectivity index (χ3v) is 4.45. The lowest BCUT2D eigenvalue weighted by molar-refractivity contribution is 0.103. The Labute approximate surface area is 149 Å². The summed E-state index contributed by atoms with van der Waals surface area (Å²) in [5, 5.41) is 0. The number of nitrogens with zero attached hydrogens (tertiary/aromatic N) is 4. The first-order valence-electron chi connectivity index (χ1n) is 8.35. The van der Waals surface area contributed by atoms with E-state index in [-0.39, 0.29) is 5.78 Å². The zero-order valence-electron chi connectivity index (χ0n) is 14.0. The molecule has 0 fully saturated rings. The second-order valence-corrected chi connectivity index (χ2v) is 6.32. The topological polar surface area (TPSA) is 60.2 Å². The van der Waals surface area contributed by atoms with Crippen molar-refractivity contribution in [2.75, 3.05) is 0 Å². The molecule has 5 heteroatoms. The van der Waals surface area contributed by atoms with Gasteiger partial charge >= 0.3 is 0 Å². The first-order valence-corrected chi connectivity index (χ1v) is 8.35. The van der Waals surface area contributed by atoms with Gasteiger partial charge in [0.05, 0.1) is 11.0 Å². The number of carbonyl (C=O) groups is 1. The van der Waals surface area contributed by atoms with Crippen LogP contribution in [0.1, 0.15) is 21.5 Å². The monoisotopic (exact) mass is 338 g/mol. The average Bonchev–Trinajstić information content (AvgIpc) is 3.02. The molecular weight excluding hydrogens is 324 g/mol. The van der Waals surface area contributed by atoms with E-state index in [9.17, 15) is 4.79 Å². The Balaban J connectivity index is 1.72. The Kier molecular flexibility index (Phi) is 3.09. The van der Waals surface area contributed by atoms with Crippen molar-refractivity contribution in [3.8, 4) is 0 Å². The number of rotatable bonds is 2. The molecule has 0 aliphatic rings. The van der Waals surface area contributed by atoms with Gasteiger partial charge in [0.2, 0.25) is 0 Å². The molecule has 0 N–H and O–H groups in total. The highest BCUT2D eigenvalue weighted by atomic mass is 16.1. The average molecular weight is 338 g/mol. The van der Waals surface area contributed by atoms with Crippen LogP contribution in [0.5, 0.6) is 0 Å². The Morgan fingerprint density at radius 1 is 0.846 bits per heavy atom. The van der Waals surface area contributed by atoms with Gasteiger partial charge in [-0.1, -0.05) is 36.4 Å². The van der Waals surface area contributed by atoms with Gasteiger partial charge in [0.25, 0.3) is 0 Å². The molecule has 0 aliphatic carbocycles. The summed E-state index contributed by atoms with van der Waals surface area (Å²) >= 11 is 0. The van der Waals surface area contributed by atoms with Crippen LogP contribution in [0.3, 0.4) is 0 Å². The van der Waals surface area contributed by atoms with Gasteiger partial charge in [-0.3, -0.25) is 9.20 Å². The molecule has 0 spiro atoms. The molecule has 0 bridgehead atoms. The summed E-state index contributed by atoms with van der Waals surface area (Å²) in [6.07, 6.45) is 1.99. The number of ketones is 1. The van der Waals surface area contributed by atoms with Gasteiger partial charge in [0, 0.05) is 17.3 Å². The molecule has 5 nitrogen and oxygen atoms in total. The summed E-state index contributed by atoms with van der Waals surface area (Å²) in [6, 6.07) is 18.6. The fraction of sp³-hybridized carbons (Fsp3) is 0.0476. The molecule has 0 unspecified atom stereocenters. The molecule has 0 saturated carbocycles. The van der Waals surface area contributed by atoms with Crippen molar-refractivity contribution < 1.29 is 4.79 Å². The standard InChI is InChI=1S/C21H14N4O/c1-13-7-10-18-24-20-21(25(18)12-13)23-17-11-15(8-9-16(17)22-20)19(26)14-5-3-2-4-6-14/h2-12H,1H3. The summed E-state index contributed by atoms with van der Waals surface area (Å²) in [4.78, 5) is 26.6. The van der Waals surface area contributed by atoms with Gasteiger partial charge in [-0.2, -0.15) is 0 Å². The second-order valence-electron chi connectivity index (χ2n) is 6.32. The fourth-order valence-corrected chi connectivity index (χ4v) is 3.14. The summed E-state index contributed by atoms with van der Waals surface area (Å²) in [6.45, 7) is 2.02. The molecule has 0 atom stereocenters. The molecule has 0 amide bonds. The van der Waals surface area contributed by atoms with Crippen molar-refractivity contribution in [1.82, 2.24) is 19.4 Å². The molecule has 5 rings (SSSR count). The summed E-state index contributed by atoms with van der Waals surface area (Å²) in [7, 11) is 0. The second kappa shape index (κ2) is 5.46. The van der Waals surface area contributed by atoms with Crippen molar-refractivity contribution in [3.05, 3.63) is 83.6 Å². The maximum absolute atomic E-state index is 12.7. The number of aryl methyl sites for hydroxylation is 1. The van der Waals surface area contributed by atoms with E-state index in [1.807, 2.05) is 66.1 Å². The van der Waals surface area contributed by atoms with E-state index in [1.54, 1.807) is 12.1 Å². The van der Waals surface area contributed by atoms with Crippen molar-refractivity contribution >= 4 is 33.8 Å². The molecule has 26 heavy (non-hydrogen) atoms. The van der Waals surface area contributed by atoms with Gasteiger partial charge in [0.15, 0.2) is 17.1 Å².